The summed E-state index contributed by atoms with van der Waals surface area (Å²) in [4.78, 5) is 11.0. The van der Waals surface area contributed by atoms with Crippen molar-refractivity contribution in [2.24, 2.45) is 5.41 Å². The lowest BCUT2D eigenvalue weighted by Gasteiger charge is -2.27. The first-order valence-corrected chi connectivity index (χ1v) is 4.97. The molecule has 2 N–H and O–H groups in total. The molecule has 1 unspecified atom stereocenters. The van der Waals surface area contributed by atoms with Crippen LogP contribution in [0.5, 0.6) is 0 Å². The van der Waals surface area contributed by atoms with E-state index in [0.29, 0.717) is 19.3 Å². The summed E-state index contributed by atoms with van der Waals surface area (Å²) in [6.07, 6.45) is 3.57. The lowest BCUT2D eigenvalue weighted by atomic mass is 9.77. The first kappa shape index (κ1) is 12.4. The molecule has 13 heavy (non-hydrogen) atoms. The van der Waals surface area contributed by atoms with Crippen LogP contribution >= 0.6 is 0 Å². The Morgan fingerprint density at radius 1 is 1.31 bits per heavy atom. The lowest BCUT2D eigenvalue weighted by molar-refractivity contribution is -0.150. The Balaban J connectivity index is 4.35. The molecule has 0 saturated carbocycles. The number of carboxylic acids is 1. The molecule has 0 saturated heterocycles. The van der Waals surface area contributed by atoms with Crippen molar-refractivity contribution in [2.45, 2.75) is 46.0 Å². The Morgan fingerprint density at radius 2 is 1.92 bits per heavy atom. The van der Waals surface area contributed by atoms with Crippen molar-refractivity contribution in [3.05, 3.63) is 0 Å². The Bertz CT molecular complexity index is 156. The number of unbranched alkanes of at least 4 members (excludes halogenated alkanes) is 1. The molecule has 3 heteroatoms. The summed E-state index contributed by atoms with van der Waals surface area (Å²) in [5.74, 6) is -0.766. The van der Waals surface area contributed by atoms with Crippen LogP contribution in [0.2, 0.25) is 0 Å². The molecule has 0 aromatic heterocycles. The number of carboxylic acid groups (broad SMARTS) is 1. The summed E-state index contributed by atoms with van der Waals surface area (Å²) < 4.78 is 0. The van der Waals surface area contributed by atoms with E-state index >= 15 is 0 Å². The fourth-order valence-electron chi connectivity index (χ4n) is 1.57. The van der Waals surface area contributed by atoms with Gasteiger partial charge in [-0.2, -0.15) is 0 Å². The van der Waals surface area contributed by atoms with Gasteiger partial charge in [-0.3, -0.25) is 4.79 Å². The van der Waals surface area contributed by atoms with Gasteiger partial charge in [0.2, 0.25) is 0 Å². The van der Waals surface area contributed by atoms with Gasteiger partial charge in [-0.15, -0.1) is 0 Å². The Morgan fingerprint density at radius 3 is 2.23 bits per heavy atom. The molecule has 3 nitrogen and oxygen atoms in total. The number of aliphatic hydroxyl groups excluding tert-OH is 1. The summed E-state index contributed by atoms with van der Waals surface area (Å²) in [6.45, 7) is 3.88. The average Bonchev–Trinajstić information content (AvgIpc) is 2.12. The molecule has 0 aromatic carbocycles. The van der Waals surface area contributed by atoms with Gasteiger partial charge in [-0.1, -0.05) is 26.7 Å². The molecule has 0 aliphatic heterocycles. The van der Waals surface area contributed by atoms with Gasteiger partial charge in [0.25, 0.3) is 0 Å². The van der Waals surface area contributed by atoms with Crippen molar-refractivity contribution in [2.75, 3.05) is 6.61 Å². The van der Waals surface area contributed by atoms with Crippen molar-refractivity contribution in [1.29, 1.82) is 0 Å². The van der Waals surface area contributed by atoms with Crippen LogP contribution in [0.3, 0.4) is 0 Å². The minimum absolute atomic E-state index is 0.0378. The molecule has 0 radical (unpaired) electrons. The van der Waals surface area contributed by atoms with E-state index in [0.717, 1.165) is 12.8 Å². The second kappa shape index (κ2) is 5.97. The molecule has 0 heterocycles. The third-order valence-electron chi connectivity index (χ3n) is 2.73. The van der Waals surface area contributed by atoms with Crippen molar-refractivity contribution in [3.63, 3.8) is 0 Å². The molecule has 0 aromatic rings. The average molecular weight is 188 g/mol. The molecule has 0 bridgehead atoms. The van der Waals surface area contributed by atoms with Gasteiger partial charge in [0.15, 0.2) is 0 Å². The Labute approximate surface area is 79.8 Å². The van der Waals surface area contributed by atoms with Crippen LogP contribution in [0.1, 0.15) is 46.0 Å². The second-order valence-corrected chi connectivity index (χ2v) is 3.52. The molecule has 1 atom stereocenters. The summed E-state index contributed by atoms with van der Waals surface area (Å²) >= 11 is 0. The largest absolute Gasteiger partial charge is 0.481 e. The standard InChI is InChI=1S/C10H20O3/c1-3-5-6-10(4-2,7-8-11)9(12)13/h11H,3-8H2,1-2H3,(H,12,13). The number of carbonyl (C=O) groups is 1. The summed E-state index contributed by atoms with van der Waals surface area (Å²) in [5.41, 5.74) is -0.690. The third kappa shape index (κ3) is 3.35. The topological polar surface area (TPSA) is 57.5 Å². The van der Waals surface area contributed by atoms with E-state index < -0.39 is 11.4 Å². The zero-order valence-electron chi connectivity index (χ0n) is 8.55. The summed E-state index contributed by atoms with van der Waals surface area (Å²) in [7, 11) is 0. The number of rotatable bonds is 7. The molecule has 0 aliphatic carbocycles. The van der Waals surface area contributed by atoms with Crippen molar-refractivity contribution in [3.8, 4) is 0 Å². The molecule has 78 valence electrons. The summed E-state index contributed by atoms with van der Waals surface area (Å²) in [5, 5.41) is 17.9. The van der Waals surface area contributed by atoms with Crippen LogP contribution in [0, 0.1) is 5.41 Å². The number of aliphatic carboxylic acids is 1. The first-order chi connectivity index (χ1) is 6.13. The first-order valence-electron chi connectivity index (χ1n) is 4.97. The number of hydrogen-bond donors (Lipinski definition) is 2. The maximum atomic E-state index is 11.0. The molecule has 0 amide bonds. The van der Waals surface area contributed by atoms with Crippen molar-refractivity contribution < 1.29 is 15.0 Å². The van der Waals surface area contributed by atoms with Crippen LogP contribution in [0.25, 0.3) is 0 Å². The predicted molar refractivity (Wildman–Crippen MR) is 51.6 cm³/mol. The fraction of sp³-hybridized carbons (Fsp3) is 0.900. The normalized spacial score (nSPS) is 15.3. The highest BCUT2D eigenvalue weighted by Crippen LogP contribution is 2.32. The highest BCUT2D eigenvalue weighted by atomic mass is 16.4. The highest BCUT2D eigenvalue weighted by Gasteiger charge is 2.35. The van der Waals surface area contributed by atoms with Gasteiger partial charge in [-0.25, -0.2) is 0 Å². The van der Waals surface area contributed by atoms with Crippen LogP contribution in [-0.4, -0.2) is 22.8 Å². The van der Waals surface area contributed by atoms with Crippen LogP contribution < -0.4 is 0 Å². The fourth-order valence-corrected chi connectivity index (χ4v) is 1.57. The maximum Gasteiger partial charge on any atom is 0.309 e. The van der Waals surface area contributed by atoms with Crippen LogP contribution in [-0.2, 0) is 4.79 Å². The monoisotopic (exact) mass is 188 g/mol. The van der Waals surface area contributed by atoms with Gasteiger partial charge in [0.1, 0.15) is 0 Å². The second-order valence-electron chi connectivity index (χ2n) is 3.52. The van der Waals surface area contributed by atoms with Gasteiger partial charge < -0.3 is 10.2 Å². The molecule has 0 spiro atoms. The Hall–Kier alpha value is -0.570. The number of aliphatic hydroxyl groups is 1. The summed E-state index contributed by atoms with van der Waals surface area (Å²) in [6, 6.07) is 0. The minimum Gasteiger partial charge on any atom is -0.481 e. The zero-order chi connectivity index (χ0) is 10.3. The Kier molecular flexibility index (Phi) is 5.71. The van der Waals surface area contributed by atoms with E-state index in [-0.39, 0.29) is 6.61 Å². The molecule has 0 rings (SSSR count). The minimum atomic E-state index is -0.766. The quantitative estimate of drug-likeness (QED) is 0.642. The van der Waals surface area contributed by atoms with Gasteiger partial charge >= 0.3 is 5.97 Å². The van der Waals surface area contributed by atoms with E-state index in [4.69, 9.17) is 10.2 Å². The molecule has 0 aliphatic rings. The van der Waals surface area contributed by atoms with Crippen molar-refractivity contribution in [1.82, 2.24) is 0 Å². The lowest BCUT2D eigenvalue weighted by Crippen LogP contribution is -2.31. The smallest absolute Gasteiger partial charge is 0.309 e. The van der Waals surface area contributed by atoms with Crippen molar-refractivity contribution >= 4 is 5.97 Å². The van der Waals surface area contributed by atoms with E-state index in [1.807, 2.05) is 13.8 Å². The predicted octanol–water partition coefficient (Wildman–Crippen LogP) is 2.04. The maximum absolute atomic E-state index is 11.0. The van der Waals surface area contributed by atoms with E-state index in [1.165, 1.54) is 0 Å². The van der Waals surface area contributed by atoms with E-state index in [9.17, 15) is 4.79 Å². The van der Waals surface area contributed by atoms with E-state index in [2.05, 4.69) is 0 Å². The highest BCUT2D eigenvalue weighted by molar-refractivity contribution is 5.74. The third-order valence-corrected chi connectivity index (χ3v) is 2.73. The molecule has 0 fully saturated rings. The SMILES string of the molecule is CCCCC(CC)(CCO)C(=O)O. The van der Waals surface area contributed by atoms with Gasteiger partial charge in [0, 0.05) is 6.61 Å². The van der Waals surface area contributed by atoms with Crippen LogP contribution in [0.15, 0.2) is 0 Å². The van der Waals surface area contributed by atoms with Crippen LogP contribution in [0.4, 0.5) is 0 Å². The molecular formula is C10H20O3. The van der Waals surface area contributed by atoms with Gasteiger partial charge in [0.05, 0.1) is 5.41 Å². The van der Waals surface area contributed by atoms with E-state index in [1.54, 1.807) is 0 Å². The zero-order valence-corrected chi connectivity index (χ0v) is 8.55. The molecular weight excluding hydrogens is 168 g/mol. The number of hydrogen-bond acceptors (Lipinski definition) is 2. The van der Waals surface area contributed by atoms with Gasteiger partial charge in [-0.05, 0) is 19.3 Å².